The third kappa shape index (κ3) is 7.15. The van der Waals surface area contributed by atoms with Crippen LogP contribution in [-0.2, 0) is 4.74 Å². The molecule has 1 unspecified atom stereocenters. The number of ether oxygens (including phenoxy) is 3. The molecule has 1 N–H and O–H groups in total. The van der Waals surface area contributed by atoms with Gasteiger partial charge in [-0.15, -0.1) is 0 Å². The van der Waals surface area contributed by atoms with Crippen LogP contribution in [0.15, 0.2) is 66.4 Å². The molecular weight excluding hydrogens is 500 g/mol. The molecule has 2 atom stereocenters. The first-order valence-corrected chi connectivity index (χ1v) is 14.8. The molecular formula is C34H43N2O4. The number of nitrogens with zero attached hydrogens (tertiary/aromatic N) is 1. The van der Waals surface area contributed by atoms with Crippen molar-refractivity contribution in [3.05, 3.63) is 89.0 Å². The van der Waals surface area contributed by atoms with Crippen LogP contribution in [0, 0.1) is 5.92 Å². The Morgan fingerprint density at radius 3 is 2.60 bits per heavy atom. The van der Waals surface area contributed by atoms with E-state index in [1.807, 2.05) is 38.1 Å². The SMILES string of the molecule is C=C(CCCC(=O)c1ccc(OC(C)C)cc1)NC(CN1CCCC1)[C@H](OC)c1ccc2c(c1)OCCC1=C[C]12. The molecule has 2 heterocycles. The van der Waals surface area contributed by atoms with E-state index in [0.717, 1.165) is 67.2 Å². The molecule has 2 aromatic rings. The van der Waals surface area contributed by atoms with Crippen molar-refractivity contribution in [2.75, 3.05) is 33.4 Å². The molecule has 0 spiro atoms. The Morgan fingerprint density at radius 1 is 1.10 bits per heavy atom. The smallest absolute Gasteiger partial charge is 0.162 e. The van der Waals surface area contributed by atoms with Crippen LogP contribution in [0.2, 0.25) is 0 Å². The van der Waals surface area contributed by atoms with Crippen molar-refractivity contribution in [1.82, 2.24) is 10.2 Å². The first-order chi connectivity index (χ1) is 19.4. The number of nitrogens with one attached hydrogen (secondary N) is 1. The van der Waals surface area contributed by atoms with E-state index in [9.17, 15) is 4.79 Å². The summed E-state index contributed by atoms with van der Waals surface area (Å²) in [7, 11) is 1.78. The first kappa shape index (κ1) is 28.4. The fourth-order valence-corrected chi connectivity index (χ4v) is 5.85. The minimum atomic E-state index is -0.153. The normalized spacial score (nSPS) is 18.1. The number of hydrogen-bond donors (Lipinski definition) is 1. The summed E-state index contributed by atoms with van der Waals surface area (Å²) in [4.78, 5) is 15.3. The molecule has 1 saturated heterocycles. The summed E-state index contributed by atoms with van der Waals surface area (Å²) in [6, 6.07) is 14.0. The van der Waals surface area contributed by atoms with Gasteiger partial charge in [0.2, 0.25) is 0 Å². The summed E-state index contributed by atoms with van der Waals surface area (Å²) in [5, 5.41) is 3.70. The predicted molar refractivity (Wildman–Crippen MR) is 159 cm³/mol. The number of likely N-dealkylation sites (tertiary alicyclic amines) is 1. The maximum atomic E-state index is 12.8. The van der Waals surface area contributed by atoms with Gasteiger partial charge in [-0.25, -0.2) is 0 Å². The zero-order chi connectivity index (χ0) is 28.1. The minimum absolute atomic E-state index is 0.0332. The second-order valence-corrected chi connectivity index (χ2v) is 11.4. The number of carbonyl (C=O) groups is 1. The summed E-state index contributed by atoms with van der Waals surface area (Å²) >= 11 is 0. The number of allylic oxidation sites excluding steroid dienone is 2. The van der Waals surface area contributed by atoms with Gasteiger partial charge < -0.3 is 24.4 Å². The maximum Gasteiger partial charge on any atom is 0.162 e. The average molecular weight is 544 g/mol. The van der Waals surface area contributed by atoms with Crippen LogP contribution >= 0.6 is 0 Å². The van der Waals surface area contributed by atoms with Gasteiger partial charge in [-0.3, -0.25) is 4.79 Å². The Hall–Kier alpha value is -3.09. The van der Waals surface area contributed by atoms with Crippen molar-refractivity contribution in [3.63, 3.8) is 0 Å². The fourth-order valence-electron chi connectivity index (χ4n) is 5.85. The molecule has 213 valence electrons. The lowest BCUT2D eigenvalue weighted by molar-refractivity contribution is 0.0584. The van der Waals surface area contributed by atoms with Crippen LogP contribution in [0.4, 0.5) is 0 Å². The topological polar surface area (TPSA) is 60.0 Å². The monoisotopic (exact) mass is 543 g/mol. The van der Waals surface area contributed by atoms with Crippen molar-refractivity contribution >= 4 is 5.78 Å². The Labute approximate surface area is 239 Å². The highest BCUT2D eigenvalue weighted by molar-refractivity contribution is 5.96. The lowest BCUT2D eigenvalue weighted by atomic mass is 9.96. The molecule has 0 amide bonds. The van der Waals surface area contributed by atoms with Crippen molar-refractivity contribution in [2.45, 2.75) is 70.6 Å². The van der Waals surface area contributed by atoms with Gasteiger partial charge in [-0.2, -0.15) is 0 Å². The van der Waals surface area contributed by atoms with E-state index in [1.165, 1.54) is 29.9 Å². The molecule has 5 rings (SSSR count). The van der Waals surface area contributed by atoms with Gasteiger partial charge in [0.05, 0.1) is 24.7 Å². The minimum Gasteiger partial charge on any atom is -0.493 e. The Kier molecular flexibility index (Phi) is 9.28. The van der Waals surface area contributed by atoms with Crippen molar-refractivity contribution < 1.29 is 19.0 Å². The molecule has 1 radical (unpaired) electrons. The van der Waals surface area contributed by atoms with E-state index in [0.29, 0.717) is 13.0 Å². The van der Waals surface area contributed by atoms with Crippen LogP contribution in [0.25, 0.3) is 0 Å². The molecule has 6 heteroatoms. The van der Waals surface area contributed by atoms with Crippen LogP contribution in [0.3, 0.4) is 0 Å². The Morgan fingerprint density at radius 2 is 1.88 bits per heavy atom. The van der Waals surface area contributed by atoms with Crippen molar-refractivity contribution in [2.24, 2.45) is 0 Å². The quantitative estimate of drug-likeness (QED) is 0.277. The van der Waals surface area contributed by atoms with Crippen molar-refractivity contribution in [3.8, 4) is 11.5 Å². The highest BCUT2D eigenvalue weighted by Crippen LogP contribution is 2.47. The second kappa shape index (κ2) is 13.0. The lowest BCUT2D eigenvalue weighted by Gasteiger charge is -2.32. The number of methoxy groups -OCH3 is 1. The number of hydrogen-bond acceptors (Lipinski definition) is 6. The van der Waals surface area contributed by atoms with E-state index in [1.54, 1.807) is 7.11 Å². The van der Waals surface area contributed by atoms with Crippen LogP contribution in [0.5, 0.6) is 11.5 Å². The zero-order valence-corrected chi connectivity index (χ0v) is 24.2. The lowest BCUT2D eigenvalue weighted by Crippen LogP contribution is -2.44. The number of rotatable bonds is 14. The third-order valence-corrected chi connectivity index (χ3v) is 7.93. The number of ketones is 1. The summed E-state index contributed by atoms with van der Waals surface area (Å²) in [5.41, 5.74) is 5.36. The number of benzene rings is 2. The fraction of sp³-hybridized carbons (Fsp3) is 0.471. The van der Waals surface area contributed by atoms with Crippen LogP contribution < -0.4 is 14.8 Å². The van der Waals surface area contributed by atoms with E-state index < -0.39 is 0 Å². The van der Waals surface area contributed by atoms with Gasteiger partial charge in [0.25, 0.3) is 0 Å². The molecule has 3 aliphatic rings. The predicted octanol–water partition coefficient (Wildman–Crippen LogP) is 6.43. The van der Waals surface area contributed by atoms with Gasteiger partial charge in [0, 0.05) is 43.3 Å². The van der Waals surface area contributed by atoms with Gasteiger partial charge in [-0.1, -0.05) is 30.4 Å². The molecule has 40 heavy (non-hydrogen) atoms. The number of fused-ring (bicyclic) bond motifs is 3. The van der Waals surface area contributed by atoms with Crippen molar-refractivity contribution in [1.29, 1.82) is 0 Å². The molecule has 1 fully saturated rings. The molecule has 0 bridgehead atoms. The largest absolute Gasteiger partial charge is 0.493 e. The zero-order valence-electron chi connectivity index (χ0n) is 24.2. The standard InChI is InChI=1S/C34H43N2O4/c1-23(2)40-28-13-10-25(11-14-28)32(37)9-7-8-24(3)35-31(22-36-17-5-6-18-36)34(38-4)27-12-15-29-30-20-26(30)16-19-39-33(29)21-27/h10-15,20-21,23,31,34-35H,3,5-9,16-19,22H2,1-2,4H3/t31?,34-/m1/s1. The molecule has 0 saturated carbocycles. The highest BCUT2D eigenvalue weighted by Gasteiger charge is 2.34. The van der Waals surface area contributed by atoms with E-state index in [-0.39, 0.29) is 24.0 Å². The van der Waals surface area contributed by atoms with Gasteiger partial charge in [0.15, 0.2) is 5.78 Å². The first-order valence-electron chi connectivity index (χ1n) is 14.8. The van der Waals surface area contributed by atoms with Gasteiger partial charge in [0.1, 0.15) is 17.6 Å². The summed E-state index contributed by atoms with van der Waals surface area (Å²) in [6.07, 6.45) is 7.61. The average Bonchev–Trinajstić information content (AvgIpc) is 3.55. The third-order valence-electron chi connectivity index (χ3n) is 7.93. The van der Waals surface area contributed by atoms with Gasteiger partial charge in [-0.05, 0) is 88.5 Å². The number of carbonyl (C=O) groups excluding carboxylic acids is 1. The Balaban J connectivity index is 1.20. The van der Waals surface area contributed by atoms with Crippen LogP contribution in [-0.4, -0.2) is 56.2 Å². The summed E-state index contributed by atoms with van der Waals surface area (Å²) in [5.74, 6) is 3.21. The van der Waals surface area contributed by atoms with Gasteiger partial charge >= 0.3 is 0 Å². The molecule has 0 aromatic heterocycles. The Bertz CT molecular complexity index is 1210. The maximum absolute atomic E-state index is 12.8. The second-order valence-electron chi connectivity index (χ2n) is 11.4. The number of Topliss-reactive ketones (excluding diaryl/α,β-unsaturated/α-hetero) is 1. The molecule has 2 aromatic carbocycles. The highest BCUT2D eigenvalue weighted by atomic mass is 16.5. The van der Waals surface area contributed by atoms with E-state index in [2.05, 4.69) is 41.1 Å². The van der Waals surface area contributed by atoms with Crippen LogP contribution in [0.1, 0.15) is 80.0 Å². The summed E-state index contributed by atoms with van der Waals surface area (Å²) < 4.78 is 17.9. The summed E-state index contributed by atoms with van der Waals surface area (Å²) in [6.45, 7) is 12.1. The molecule has 2 aliphatic heterocycles. The van der Waals surface area contributed by atoms with E-state index in [4.69, 9.17) is 14.2 Å². The molecule has 6 nitrogen and oxygen atoms in total. The van der Waals surface area contributed by atoms with E-state index >= 15 is 0 Å². The molecule has 1 aliphatic carbocycles.